The van der Waals surface area contributed by atoms with Crippen LogP contribution in [0.3, 0.4) is 0 Å². The number of ether oxygens (including phenoxy) is 1. The number of methoxy groups -OCH3 is 1. The minimum Gasteiger partial charge on any atom is -0.497 e. The van der Waals surface area contributed by atoms with E-state index in [1.807, 2.05) is 54.6 Å². The average molecular weight is 534 g/mol. The van der Waals surface area contributed by atoms with Crippen LogP contribution in [0.5, 0.6) is 5.75 Å². The van der Waals surface area contributed by atoms with Crippen molar-refractivity contribution in [3.63, 3.8) is 0 Å². The molecule has 0 saturated carbocycles. The lowest BCUT2D eigenvalue weighted by Crippen LogP contribution is -2.30. The number of aryl methyl sites for hydroxylation is 1. The molecule has 0 unspecified atom stereocenters. The number of aromatic nitrogens is 2. The maximum absolute atomic E-state index is 11.7. The summed E-state index contributed by atoms with van der Waals surface area (Å²) in [4.78, 5) is 6.70. The lowest BCUT2D eigenvalue weighted by atomic mass is 10.0. The van der Waals surface area contributed by atoms with Gasteiger partial charge in [0.25, 0.3) is 0 Å². The summed E-state index contributed by atoms with van der Waals surface area (Å²) in [6.07, 6.45) is 2.91. The first-order valence-corrected chi connectivity index (χ1v) is 14.0. The molecule has 0 radical (unpaired) electrons. The van der Waals surface area contributed by atoms with Gasteiger partial charge in [0.15, 0.2) is 5.11 Å². The smallest absolute Gasteiger partial charge is 0.229 e. The van der Waals surface area contributed by atoms with Crippen LogP contribution in [-0.4, -0.2) is 36.4 Å². The van der Waals surface area contributed by atoms with E-state index < -0.39 is 10.0 Å². The van der Waals surface area contributed by atoms with Crippen LogP contribution >= 0.6 is 12.2 Å². The zero-order valence-corrected chi connectivity index (χ0v) is 22.3. The van der Waals surface area contributed by atoms with Gasteiger partial charge in [-0.3, -0.25) is 9.71 Å². The Kier molecular flexibility index (Phi) is 6.61. The predicted molar refractivity (Wildman–Crippen MR) is 150 cm³/mol. The van der Waals surface area contributed by atoms with Crippen LogP contribution in [0.1, 0.15) is 29.2 Å². The van der Waals surface area contributed by atoms with Crippen molar-refractivity contribution < 1.29 is 13.2 Å². The molecule has 1 aliphatic rings. The molecule has 0 amide bonds. The summed E-state index contributed by atoms with van der Waals surface area (Å²) in [5.74, 6) is 0.787. The van der Waals surface area contributed by atoms with Crippen molar-refractivity contribution in [1.29, 1.82) is 0 Å². The van der Waals surface area contributed by atoms with Crippen LogP contribution in [0, 0.1) is 6.92 Å². The molecule has 190 valence electrons. The Morgan fingerprint density at radius 1 is 0.973 bits per heavy atom. The number of rotatable bonds is 7. The van der Waals surface area contributed by atoms with Crippen LogP contribution in [0.15, 0.2) is 85.1 Å². The molecule has 2 aromatic heterocycles. The number of anilines is 2. The summed E-state index contributed by atoms with van der Waals surface area (Å²) < 4.78 is 33.4. The van der Waals surface area contributed by atoms with E-state index in [0.717, 1.165) is 40.5 Å². The molecule has 2 N–H and O–H groups in total. The van der Waals surface area contributed by atoms with Gasteiger partial charge in [-0.25, -0.2) is 8.42 Å². The van der Waals surface area contributed by atoms with Gasteiger partial charge in [-0.2, -0.15) is 0 Å². The quantitative estimate of drug-likeness (QED) is 0.332. The third-order valence-electron chi connectivity index (χ3n) is 6.29. The summed E-state index contributed by atoms with van der Waals surface area (Å²) in [6.45, 7) is 2.07. The molecule has 37 heavy (non-hydrogen) atoms. The molecular weight excluding hydrogens is 506 g/mol. The van der Waals surface area contributed by atoms with Crippen molar-refractivity contribution in [1.82, 2.24) is 14.9 Å². The number of hydrogen-bond acceptors (Lipinski definition) is 5. The molecule has 0 aliphatic carbocycles. The largest absolute Gasteiger partial charge is 0.497 e. The first-order valence-electron chi connectivity index (χ1n) is 11.7. The van der Waals surface area contributed by atoms with E-state index >= 15 is 0 Å². The molecule has 4 aromatic rings. The Bertz CT molecular complexity index is 1520. The first-order chi connectivity index (χ1) is 17.7. The van der Waals surface area contributed by atoms with Gasteiger partial charge in [0, 0.05) is 34.6 Å². The van der Waals surface area contributed by atoms with Crippen LogP contribution in [0.2, 0.25) is 0 Å². The number of hydrogen-bond donors (Lipinski definition) is 2. The molecule has 2 aromatic carbocycles. The van der Waals surface area contributed by atoms with Crippen molar-refractivity contribution in [3.8, 4) is 11.4 Å². The van der Waals surface area contributed by atoms with Crippen LogP contribution < -0.4 is 19.7 Å². The standard InChI is InChI=1S/C27H27N5O3S2/c1-18-7-16-24(31(18)20-12-14-22(35-2)15-13-20)26-25(23-6-4-5-17-28-23)29-27(36)32(26)21-10-8-19(9-11-21)30-37(3,33)34/h4-17,25-26,30H,1-3H3,(H,29,36)/t25-,26-/m1/s1. The number of benzene rings is 2. The fourth-order valence-corrected chi connectivity index (χ4v) is 5.62. The number of nitrogens with one attached hydrogen (secondary N) is 2. The summed E-state index contributed by atoms with van der Waals surface area (Å²) in [7, 11) is -1.73. The molecule has 1 aliphatic heterocycles. The molecular formula is C27H27N5O3S2. The minimum atomic E-state index is -3.38. The topological polar surface area (TPSA) is 88.5 Å². The summed E-state index contributed by atoms with van der Waals surface area (Å²) in [5.41, 5.74) is 5.30. The molecule has 2 atom stereocenters. The second kappa shape index (κ2) is 9.87. The predicted octanol–water partition coefficient (Wildman–Crippen LogP) is 4.74. The Balaban J connectivity index is 1.62. The van der Waals surface area contributed by atoms with E-state index in [1.54, 1.807) is 25.4 Å². The van der Waals surface area contributed by atoms with Crippen molar-refractivity contribution >= 4 is 38.7 Å². The van der Waals surface area contributed by atoms with Gasteiger partial charge in [0.05, 0.1) is 25.1 Å². The van der Waals surface area contributed by atoms with E-state index in [-0.39, 0.29) is 12.1 Å². The maximum atomic E-state index is 11.7. The lowest BCUT2D eigenvalue weighted by Gasteiger charge is -2.29. The highest BCUT2D eigenvalue weighted by Crippen LogP contribution is 2.43. The Hall–Kier alpha value is -3.89. The molecule has 0 spiro atoms. The van der Waals surface area contributed by atoms with Gasteiger partial charge < -0.3 is 19.5 Å². The highest BCUT2D eigenvalue weighted by molar-refractivity contribution is 7.92. The van der Waals surface area contributed by atoms with Crippen molar-refractivity contribution in [2.75, 3.05) is 23.0 Å². The zero-order valence-electron chi connectivity index (χ0n) is 20.6. The summed E-state index contributed by atoms with van der Waals surface area (Å²) in [6, 6.07) is 24.7. The molecule has 10 heteroatoms. The summed E-state index contributed by atoms with van der Waals surface area (Å²) in [5, 5.41) is 4.04. The molecule has 0 bridgehead atoms. The van der Waals surface area contributed by atoms with Gasteiger partial charge >= 0.3 is 0 Å². The number of pyridine rings is 1. The van der Waals surface area contributed by atoms with E-state index in [1.165, 1.54) is 0 Å². The number of nitrogens with zero attached hydrogens (tertiary/aromatic N) is 3. The zero-order chi connectivity index (χ0) is 26.2. The second-order valence-corrected chi connectivity index (χ2v) is 11.0. The normalized spacial score (nSPS) is 17.5. The lowest BCUT2D eigenvalue weighted by molar-refractivity contribution is 0.414. The number of sulfonamides is 1. The van der Waals surface area contributed by atoms with E-state index in [9.17, 15) is 8.42 Å². The van der Waals surface area contributed by atoms with E-state index in [0.29, 0.717) is 10.8 Å². The van der Waals surface area contributed by atoms with Crippen molar-refractivity contribution in [3.05, 3.63) is 102 Å². The SMILES string of the molecule is COc1ccc(-n2c(C)ccc2[C@@H]2[C@@H](c3ccccn3)NC(=S)N2c2ccc(NS(C)(=O)=O)cc2)cc1. The fraction of sp³-hybridized carbons (Fsp3) is 0.185. The summed E-state index contributed by atoms with van der Waals surface area (Å²) >= 11 is 5.85. The monoisotopic (exact) mass is 533 g/mol. The molecule has 8 nitrogen and oxygen atoms in total. The Labute approximate surface area is 222 Å². The van der Waals surface area contributed by atoms with Crippen LogP contribution in [0.4, 0.5) is 11.4 Å². The minimum absolute atomic E-state index is 0.214. The van der Waals surface area contributed by atoms with E-state index in [4.69, 9.17) is 17.0 Å². The van der Waals surface area contributed by atoms with Gasteiger partial charge in [0.1, 0.15) is 11.8 Å². The first kappa shape index (κ1) is 24.8. The van der Waals surface area contributed by atoms with Crippen molar-refractivity contribution in [2.45, 2.75) is 19.0 Å². The molecule has 1 saturated heterocycles. The van der Waals surface area contributed by atoms with Gasteiger partial charge in [0.2, 0.25) is 10.0 Å². The van der Waals surface area contributed by atoms with Crippen molar-refractivity contribution in [2.24, 2.45) is 0 Å². The highest BCUT2D eigenvalue weighted by atomic mass is 32.2. The Morgan fingerprint density at radius 2 is 1.68 bits per heavy atom. The van der Waals surface area contributed by atoms with Gasteiger partial charge in [-0.1, -0.05) is 6.07 Å². The molecule has 1 fully saturated rings. The molecule has 5 rings (SSSR count). The third-order valence-corrected chi connectivity index (χ3v) is 7.21. The van der Waals surface area contributed by atoms with Crippen LogP contribution in [0.25, 0.3) is 5.69 Å². The maximum Gasteiger partial charge on any atom is 0.229 e. The third kappa shape index (κ3) is 5.03. The van der Waals surface area contributed by atoms with E-state index in [2.05, 4.69) is 43.5 Å². The fourth-order valence-electron chi connectivity index (χ4n) is 4.71. The average Bonchev–Trinajstić information content (AvgIpc) is 3.43. The van der Waals surface area contributed by atoms with Crippen LogP contribution in [-0.2, 0) is 10.0 Å². The van der Waals surface area contributed by atoms with Gasteiger partial charge in [-0.15, -0.1) is 0 Å². The molecule has 3 heterocycles. The second-order valence-electron chi connectivity index (χ2n) is 8.85. The highest BCUT2D eigenvalue weighted by Gasteiger charge is 2.42. The Morgan fingerprint density at radius 3 is 2.30 bits per heavy atom. The van der Waals surface area contributed by atoms with Gasteiger partial charge in [-0.05, 0) is 91.9 Å². The number of thiocarbonyl (C=S) groups is 1.